The van der Waals surface area contributed by atoms with E-state index in [1.54, 1.807) is 23.1 Å². The molecule has 1 fully saturated rings. The van der Waals surface area contributed by atoms with Gasteiger partial charge in [0.1, 0.15) is 11.1 Å². The third-order valence-electron chi connectivity index (χ3n) is 5.54. The van der Waals surface area contributed by atoms with Gasteiger partial charge in [-0.1, -0.05) is 48.2 Å². The van der Waals surface area contributed by atoms with Crippen LogP contribution in [0.5, 0.6) is 0 Å². The minimum atomic E-state index is -0.190. The van der Waals surface area contributed by atoms with Crippen LogP contribution in [0, 0.1) is 6.92 Å². The van der Waals surface area contributed by atoms with Crippen LogP contribution in [0.4, 0.5) is 0 Å². The molecule has 0 saturated carbocycles. The summed E-state index contributed by atoms with van der Waals surface area (Å²) < 4.78 is 1.50. The van der Waals surface area contributed by atoms with Gasteiger partial charge in [-0.2, -0.15) is 4.68 Å². The zero-order valence-corrected chi connectivity index (χ0v) is 17.9. The number of thiophene rings is 1. The van der Waals surface area contributed by atoms with Crippen LogP contribution < -0.4 is 0 Å². The highest BCUT2D eigenvalue weighted by Crippen LogP contribution is 2.42. The molecule has 6 nitrogen and oxygen atoms in total. The summed E-state index contributed by atoms with van der Waals surface area (Å²) in [6.45, 7) is 6.72. The van der Waals surface area contributed by atoms with Crippen molar-refractivity contribution in [1.29, 1.82) is 0 Å². The van der Waals surface area contributed by atoms with Gasteiger partial charge in [0.15, 0.2) is 5.16 Å². The Bertz CT molecular complexity index is 980. The molecule has 2 aliphatic heterocycles. The number of hydrogen-bond donors (Lipinski definition) is 0. The van der Waals surface area contributed by atoms with Gasteiger partial charge in [-0.3, -0.25) is 14.6 Å². The number of aromatic nitrogens is 3. The van der Waals surface area contributed by atoms with Crippen LogP contribution in [0.2, 0.25) is 0 Å². The van der Waals surface area contributed by atoms with Gasteiger partial charge in [0.05, 0.1) is 6.04 Å². The molecular formula is C21H23N5OS2. The third kappa shape index (κ3) is 3.77. The van der Waals surface area contributed by atoms with Gasteiger partial charge in [-0.25, -0.2) is 4.98 Å². The maximum Gasteiger partial charge on any atom is 0.264 e. The minimum Gasteiger partial charge on any atom is -0.297 e. The average Bonchev–Trinajstić information content (AvgIpc) is 3.44. The fourth-order valence-corrected chi connectivity index (χ4v) is 6.39. The van der Waals surface area contributed by atoms with Crippen molar-refractivity contribution in [3.05, 3.63) is 64.1 Å². The Balaban J connectivity index is 1.32. The fraction of sp³-hybridized carbons (Fsp3) is 0.381. The highest BCUT2D eigenvalue weighted by molar-refractivity contribution is 8.01. The van der Waals surface area contributed by atoms with Crippen LogP contribution in [-0.2, 0) is 6.54 Å². The van der Waals surface area contributed by atoms with E-state index in [4.69, 9.17) is 0 Å². The van der Waals surface area contributed by atoms with Crippen LogP contribution in [0.15, 0.2) is 53.0 Å². The normalized spacial score (nSPS) is 21.4. The number of piperazine rings is 1. The molecule has 0 bridgehead atoms. The van der Waals surface area contributed by atoms with Gasteiger partial charge >= 0.3 is 0 Å². The maximum atomic E-state index is 13.1. The fourth-order valence-electron chi connectivity index (χ4n) is 4.12. The topological polar surface area (TPSA) is 54.3 Å². The van der Waals surface area contributed by atoms with Crippen LogP contribution in [0.3, 0.4) is 0 Å². The Hall–Kier alpha value is -2.00. The van der Waals surface area contributed by atoms with E-state index in [2.05, 4.69) is 67.7 Å². The summed E-state index contributed by atoms with van der Waals surface area (Å²) in [6, 6.07) is 14.9. The molecule has 0 radical (unpaired) electrons. The lowest BCUT2D eigenvalue weighted by Crippen LogP contribution is -2.50. The summed E-state index contributed by atoms with van der Waals surface area (Å²) in [6.07, 6.45) is 0. The van der Waals surface area contributed by atoms with E-state index in [0.717, 1.165) is 37.9 Å². The van der Waals surface area contributed by atoms with Gasteiger partial charge in [0, 0.05) is 37.6 Å². The molecule has 4 heterocycles. The molecule has 1 aromatic carbocycles. The van der Waals surface area contributed by atoms with E-state index in [-0.39, 0.29) is 17.2 Å². The molecule has 2 aliphatic rings. The number of nitrogens with zero attached hydrogens (tertiary/aromatic N) is 5. The van der Waals surface area contributed by atoms with Gasteiger partial charge in [-0.15, -0.1) is 16.4 Å². The maximum absolute atomic E-state index is 13.1. The summed E-state index contributed by atoms with van der Waals surface area (Å²) in [5.41, 5.74) is 1.35. The molecular weight excluding hydrogens is 402 g/mol. The number of rotatable bonds is 5. The number of hydrogen-bond acceptors (Lipinski definition) is 7. The van der Waals surface area contributed by atoms with Gasteiger partial charge in [0.2, 0.25) is 0 Å². The van der Waals surface area contributed by atoms with Crippen molar-refractivity contribution in [1.82, 2.24) is 24.6 Å². The number of fused-ring (bicyclic) bond motifs is 1. The van der Waals surface area contributed by atoms with Crippen LogP contribution in [0.1, 0.15) is 27.1 Å². The number of benzene rings is 1. The lowest BCUT2D eigenvalue weighted by molar-refractivity contribution is 0.0722. The minimum absolute atomic E-state index is 0.0516. The van der Waals surface area contributed by atoms with Gasteiger partial charge in [-0.05, 0) is 23.9 Å². The standard InChI is InChI=1S/C21H23N5OS2/c1-15-22-21-26(23-15)20(27)19(29-21)18(17-8-5-13-28-17)25-11-9-24(10-12-25)14-16-6-3-2-4-7-16/h2-8,13,18-19H,9-12,14H2,1H3. The Kier molecular flexibility index (Phi) is 5.26. The first-order chi connectivity index (χ1) is 14.2. The molecule has 29 heavy (non-hydrogen) atoms. The lowest BCUT2D eigenvalue weighted by atomic mass is 10.1. The largest absolute Gasteiger partial charge is 0.297 e. The highest BCUT2D eigenvalue weighted by Gasteiger charge is 2.43. The summed E-state index contributed by atoms with van der Waals surface area (Å²) >= 11 is 3.29. The van der Waals surface area contributed by atoms with Crippen molar-refractivity contribution in [3.8, 4) is 0 Å². The smallest absolute Gasteiger partial charge is 0.264 e. The van der Waals surface area contributed by atoms with E-state index < -0.39 is 0 Å². The molecule has 150 valence electrons. The number of thioether (sulfide) groups is 1. The summed E-state index contributed by atoms with van der Waals surface area (Å²) in [7, 11) is 0. The Morgan fingerprint density at radius 1 is 1.10 bits per heavy atom. The molecule has 3 aromatic rings. The molecule has 0 amide bonds. The Labute approximate surface area is 178 Å². The zero-order chi connectivity index (χ0) is 19.8. The van der Waals surface area contributed by atoms with Crippen molar-refractivity contribution in [2.24, 2.45) is 0 Å². The molecule has 2 aromatic heterocycles. The predicted octanol–water partition coefficient (Wildman–Crippen LogP) is 3.32. The molecule has 2 atom stereocenters. The lowest BCUT2D eigenvalue weighted by Gasteiger charge is -2.40. The molecule has 0 aliphatic carbocycles. The van der Waals surface area contributed by atoms with Crippen molar-refractivity contribution < 1.29 is 4.79 Å². The monoisotopic (exact) mass is 425 g/mol. The van der Waals surface area contributed by atoms with Crippen LogP contribution in [-0.4, -0.2) is 61.9 Å². The first-order valence-electron chi connectivity index (χ1n) is 9.87. The van der Waals surface area contributed by atoms with Crippen LogP contribution in [0.25, 0.3) is 0 Å². The van der Waals surface area contributed by atoms with Gasteiger partial charge < -0.3 is 0 Å². The molecule has 0 N–H and O–H groups in total. The number of carbonyl (C=O) groups excluding carboxylic acids is 1. The summed E-state index contributed by atoms with van der Waals surface area (Å²) in [5, 5.41) is 6.93. The number of aryl methyl sites for hydroxylation is 1. The van der Waals surface area contributed by atoms with Crippen molar-refractivity contribution in [2.75, 3.05) is 26.2 Å². The molecule has 1 saturated heterocycles. The highest BCUT2D eigenvalue weighted by atomic mass is 32.2. The van der Waals surface area contributed by atoms with E-state index in [0.29, 0.717) is 5.82 Å². The molecule has 0 spiro atoms. The van der Waals surface area contributed by atoms with E-state index in [1.807, 2.05) is 6.92 Å². The first kappa shape index (κ1) is 19.0. The van der Waals surface area contributed by atoms with Crippen LogP contribution >= 0.6 is 23.1 Å². The second kappa shape index (κ2) is 8.02. The summed E-state index contributed by atoms with van der Waals surface area (Å²) in [5.74, 6) is 0.706. The second-order valence-electron chi connectivity index (χ2n) is 7.49. The van der Waals surface area contributed by atoms with E-state index >= 15 is 0 Å². The first-order valence-corrected chi connectivity index (χ1v) is 11.6. The van der Waals surface area contributed by atoms with Gasteiger partial charge in [0.25, 0.3) is 5.91 Å². The Morgan fingerprint density at radius 3 is 2.59 bits per heavy atom. The van der Waals surface area contributed by atoms with Crippen molar-refractivity contribution in [2.45, 2.75) is 29.9 Å². The quantitative estimate of drug-likeness (QED) is 0.625. The zero-order valence-electron chi connectivity index (χ0n) is 16.3. The number of carbonyl (C=O) groups is 1. The third-order valence-corrected chi connectivity index (χ3v) is 7.67. The van der Waals surface area contributed by atoms with E-state index in [1.165, 1.54) is 15.1 Å². The molecule has 8 heteroatoms. The molecule has 2 unspecified atom stereocenters. The Morgan fingerprint density at radius 2 is 1.90 bits per heavy atom. The predicted molar refractivity (Wildman–Crippen MR) is 115 cm³/mol. The van der Waals surface area contributed by atoms with Crippen molar-refractivity contribution in [3.63, 3.8) is 0 Å². The van der Waals surface area contributed by atoms with E-state index in [9.17, 15) is 4.79 Å². The van der Waals surface area contributed by atoms with Crippen molar-refractivity contribution >= 4 is 29.0 Å². The SMILES string of the molecule is Cc1nc2n(n1)C(=O)C(C(c1cccs1)N1CCN(Cc3ccccc3)CC1)S2. The second-order valence-corrected chi connectivity index (χ2v) is 9.58. The molecule has 5 rings (SSSR count). The summed E-state index contributed by atoms with van der Waals surface area (Å²) in [4.78, 5) is 23.7. The average molecular weight is 426 g/mol.